The minimum absolute atomic E-state index is 0.156. The van der Waals surface area contributed by atoms with Crippen molar-refractivity contribution in [3.8, 4) is 0 Å². The van der Waals surface area contributed by atoms with Crippen molar-refractivity contribution in [2.45, 2.75) is 25.8 Å². The zero-order chi connectivity index (χ0) is 13.8. The summed E-state index contributed by atoms with van der Waals surface area (Å²) in [5.41, 5.74) is 1.15. The Morgan fingerprint density at radius 2 is 2.40 bits per heavy atom. The fourth-order valence-electron chi connectivity index (χ4n) is 2.80. The van der Waals surface area contributed by atoms with Gasteiger partial charge in [-0.05, 0) is 37.3 Å². The highest BCUT2D eigenvalue weighted by molar-refractivity contribution is 5.76. The van der Waals surface area contributed by atoms with Crippen molar-refractivity contribution in [1.29, 1.82) is 0 Å². The molecule has 1 aliphatic heterocycles. The molecule has 0 radical (unpaired) electrons. The summed E-state index contributed by atoms with van der Waals surface area (Å²) in [7, 11) is 0. The van der Waals surface area contributed by atoms with Gasteiger partial charge < -0.3 is 4.90 Å². The Balaban J connectivity index is 1.56. The van der Waals surface area contributed by atoms with Crippen LogP contribution in [-0.4, -0.2) is 43.9 Å². The van der Waals surface area contributed by atoms with Gasteiger partial charge >= 0.3 is 0 Å². The summed E-state index contributed by atoms with van der Waals surface area (Å²) < 4.78 is 1.68. The van der Waals surface area contributed by atoms with Crippen LogP contribution in [0, 0.1) is 5.92 Å². The van der Waals surface area contributed by atoms with Crippen molar-refractivity contribution in [3.05, 3.63) is 36.4 Å². The van der Waals surface area contributed by atoms with Gasteiger partial charge in [0.25, 0.3) is 0 Å². The summed E-state index contributed by atoms with van der Waals surface area (Å²) in [5.74, 6) is 0.675. The number of piperidine rings is 1. The first-order valence-corrected chi connectivity index (χ1v) is 7.05. The third-order valence-corrected chi connectivity index (χ3v) is 3.80. The molecule has 1 saturated heterocycles. The van der Waals surface area contributed by atoms with Crippen molar-refractivity contribution >= 4 is 5.91 Å². The maximum atomic E-state index is 12.3. The van der Waals surface area contributed by atoms with E-state index >= 15 is 0 Å². The van der Waals surface area contributed by atoms with Crippen LogP contribution >= 0.6 is 0 Å². The van der Waals surface area contributed by atoms with Gasteiger partial charge in [-0.1, -0.05) is 0 Å². The molecule has 2 aromatic heterocycles. The highest BCUT2D eigenvalue weighted by atomic mass is 16.2. The Morgan fingerprint density at radius 3 is 3.15 bits per heavy atom. The monoisotopic (exact) mass is 273 g/mol. The normalized spacial score (nSPS) is 19.2. The topological polar surface area (TPSA) is 66.8 Å². The lowest BCUT2D eigenvalue weighted by atomic mass is 9.93. The summed E-state index contributed by atoms with van der Waals surface area (Å²) in [6, 6.07) is 3.84. The van der Waals surface area contributed by atoms with E-state index in [0.29, 0.717) is 12.5 Å². The van der Waals surface area contributed by atoms with Crippen LogP contribution in [-0.2, 0) is 17.8 Å². The van der Waals surface area contributed by atoms with E-state index in [1.165, 1.54) is 6.42 Å². The van der Waals surface area contributed by atoms with Gasteiger partial charge in [0.15, 0.2) is 0 Å². The fourth-order valence-corrected chi connectivity index (χ4v) is 2.80. The van der Waals surface area contributed by atoms with E-state index in [-0.39, 0.29) is 5.91 Å². The van der Waals surface area contributed by atoms with Crippen LogP contribution in [0.1, 0.15) is 18.5 Å². The average Bonchev–Trinajstić information content (AvgIpc) is 3.12. The first-order valence-electron chi connectivity index (χ1n) is 7.05. The lowest BCUT2D eigenvalue weighted by molar-refractivity contribution is -0.133. The van der Waals surface area contributed by atoms with Crippen LogP contribution in [0.25, 0.3) is 0 Å². The molecule has 6 heteroatoms. The van der Waals surface area contributed by atoms with Gasteiger partial charge in [-0.25, -0.2) is 0 Å². The van der Waals surface area contributed by atoms with Crippen molar-refractivity contribution in [3.63, 3.8) is 0 Å². The number of carbonyl (C=O) groups is 1. The molecular weight excluding hydrogens is 254 g/mol. The largest absolute Gasteiger partial charge is 0.341 e. The molecule has 0 saturated carbocycles. The number of rotatable bonds is 4. The number of hydrogen-bond donors (Lipinski definition) is 1. The second kappa shape index (κ2) is 5.90. The van der Waals surface area contributed by atoms with Crippen molar-refractivity contribution in [2.24, 2.45) is 5.92 Å². The maximum absolute atomic E-state index is 12.3. The first-order chi connectivity index (χ1) is 9.81. The third-order valence-electron chi connectivity index (χ3n) is 3.80. The molecule has 20 heavy (non-hydrogen) atoms. The van der Waals surface area contributed by atoms with Gasteiger partial charge in [0.2, 0.25) is 5.91 Å². The first kappa shape index (κ1) is 12.9. The smallest absolute Gasteiger partial charge is 0.244 e. The molecule has 3 heterocycles. The minimum Gasteiger partial charge on any atom is -0.341 e. The van der Waals surface area contributed by atoms with Crippen LogP contribution in [0.2, 0.25) is 0 Å². The average molecular weight is 273 g/mol. The molecule has 0 spiro atoms. The van der Waals surface area contributed by atoms with Crippen molar-refractivity contribution in [1.82, 2.24) is 24.9 Å². The van der Waals surface area contributed by atoms with Gasteiger partial charge in [-0.2, -0.15) is 10.2 Å². The Kier molecular flexibility index (Phi) is 3.80. The SMILES string of the molecule is O=C(Cn1cccn1)N1CCCC(Cc2ccn[nH]2)C1. The highest BCUT2D eigenvalue weighted by Gasteiger charge is 2.24. The van der Waals surface area contributed by atoms with Crippen molar-refractivity contribution < 1.29 is 4.79 Å². The Labute approximate surface area is 117 Å². The summed E-state index contributed by atoms with van der Waals surface area (Å²) in [4.78, 5) is 14.2. The van der Waals surface area contributed by atoms with Gasteiger partial charge in [-0.3, -0.25) is 14.6 Å². The van der Waals surface area contributed by atoms with Crippen LogP contribution in [0.15, 0.2) is 30.7 Å². The summed E-state index contributed by atoms with van der Waals surface area (Å²) in [5, 5.41) is 11.1. The number of amides is 1. The molecule has 6 nitrogen and oxygen atoms in total. The van der Waals surface area contributed by atoms with Crippen molar-refractivity contribution in [2.75, 3.05) is 13.1 Å². The minimum atomic E-state index is 0.156. The van der Waals surface area contributed by atoms with E-state index in [4.69, 9.17) is 0 Å². The molecule has 1 unspecified atom stereocenters. The molecule has 3 rings (SSSR count). The van der Waals surface area contributed by atoms with Crippen LogP contribution < -0.4 is 0 Å². The molecular formula is C14H19N5O. The number of H-pyrrole nitrogens is 1. The van der Waals surface area contributed by atoms with E-state index in [1.54, 1.807) is 17.1 Å². The number of aromatic amines is 1. The van der Waals surface area contributed by atoms with E-state index in [0.717, 1.165) is 31.6 Å². The van der Waals surface area contributed by atoms with Crippen LogP contribution in [0.4, 0.5) is 0 Å². The lowest BCUT2D eigenvalue weighted by Gasteiger charge is -2.32. The van der Waals surface area contributed by atoms with Gasteiger partial charge in [0.1, 0.15) is 6.54 Å². The quantitative estimate of drug-likeness (QED) is 0.906. The van der Waals surface area contributed by atoms with Gasteiger partial charge in [0, 0.05) is 37.4 Å². The molecule has 1 amide bonds. The zero-order valence-electron chi connectivity index (χ0n) is 11.4. The zero-order valence-corrected chi connectivity index (χ0v) is 11.4. The summed E-state index contributed by atoms with van der Waals surface area (Å²) in [6.07, 6.45) is 8.51. The molecule has 0 aromatic carbocycles. The second-order valence-electron chi connectivity index (χ2n) is 5.34. The van der Waals surface area contributed by atoms with E-state index in [1.807, 2.05) is 23.2 Å². The predicted molar refractivity (Wildman–Crippen MR) is 73.8 cm³/mol. The summed E-state index contributed by atoms with van der Waals surface area (Å²) >= 11 is 0. The summed E-state index contributed by atoms with van der Waals surface area (Å²) in [6.45, 7) is 2.03. The molecule has 0 aliphatic carbocycles. The lowest BCUT2D eigenvalue weighted by Crippen LogP contribution is -2.42. The molecule has 2 aromatic rings. The fraction of sp³-hybridized carbons (Fsp3) is 0.500. The van der Waals surface area contributed by atoms with Crippen LogP contribution in [0.5, 0.6) is 0 Å². The Hall–Kier alpha value is -2.11. The Bertz CT molecular complexity index is 534. The molecule has 1 atom stereocenters. The third kappa shape index (κ3) is 3.07. The standard InChI is InChI=1S/C14H19N5O/c20-14(11-19-8-2-5-16-19)18-7-1-3-12(10-18)9-13-4-6-15-17-13/h2,4-6,8,12H,1,3,7,9-11H2,(H,15,17). The number of hydrogen-bond acceptors (Lipinski definition) is 3. The molecule has 1 N–H and O–H groups in total. The highest BCUT2D eigenvalue weighted by Crippen LogP contribution is 2.20. The number of likely N-dealkylation sites (tertiary alicyclic amines) is 1. The number of carbonyl (C=O) groups excluding carboxylic acids is 1. The number of nitrogens with zero attached hydrogens (tertiary/aromatic N) is 4. The molecule has 1 fully saturated rings. The predicted octanol–water partition coefficient (Wildman–Crippen LogP) is 1.09. The number of nitrogens with one attached hydrogen (secondary N) is 1. The second-order valence-corrected chi connectivity index (χ2v) is 5.34. The Morgan fingerprint density at radius 1 is 1.45 bits per heavy atom. The molecule has 106 valence electrons. The number of aromatic nitrogens is 4. The van der Waals surface area contributed by atoms with E-state index in [2.05, 4.69) is 15.3 Å². The molecule has 0 bridgehead atoms. The van der Waals surface area contributed by atoms with Crippen LogP contribution in [0.3, 0.4) is 0 Å². The van der Waals surface area contributed by atoms with E-state index < -0.39 is 0 Å². The van der Waals surface area contributed by atoms with Gasteiger partial charge in [-0.15, -0.1) is 0 Å². The molecule has 1 aliphatic rings. The maximum Gasteiger partial charge on any atom is 0.244 e. The van der Waals surface area contributed by atoms with E-state index in [9.17, 15) is 4.79 Å². The van der Waals surface area contributed by atoms with Gasteiger partial charge in [0.05, 0.1) is 0 Å².